The van der Waals surface area contributed by atoms with E-state index in [-0.39, 0.29) is 63.6 Å². The van der Waals surface area contributed by atoms with Gasteiger partial charge in [-0.2, -0.15) is 0 Å². The number of aryl methyl sites for hydroxylation is 2. The van der Waals surface area contributed by atoms with Gasteiger partial charge in [-0.3, -0.25) is 33.3 Å². The van der Waals surface area contributed by atoms with Crippen LogP contribution in [-0.4, -0.2) is 82.6 Å². The first-order valence-electron chi connectivity index (χ1n) is 24.7. The maximum Gasteiger partial charge on any atom is 0.358 e. The SMILES string of the molecule is C=C(C1(C)C(C=CC=CC=C2Nc3ccc(C)cc3C2(C)CCP(=O)(OCCCCCC(=O)O)OCCCCCC(=O)O)=Nc2ccc(C)cc21)P(=O)(OCCCCCC(=O)O)OCCCCCC(=O)O. The van der Waals surface area contributed by atoms with E-state index in [1.54, 1.807) is 0 Å². The van der Waals surface area contributed by atoms with Crippen molar-refractivity contribution in [1.82, 2.24) is 0 Å². The molecule has 2 unspecified atom stereocenters. The minimum atomic E-state index is -4.08. The van der Waals surface area contributed by atoms with Crippen LogP contribution in [-0.2, 0) is 57.2 Å². The van der Waals surface area contributed by atoms with E-state index in [9.17, 15) is 28.3 Å². The Hall–Kier alpha value is -4.95. The smallest absolute Gasteiger partial charge is 0.358 e. The molecule has 0 radical (unpaired) electrons. The van der Waals surface area contributed by atoms with E-state index in [0.717, 1.165) is 33.6 Å². The summed E-state index contributed by atoms with van der Waals surface area (Å²) in [5.41, 5.74) is 5.08. The van der Waals surface area contributed by atoms with Crippen molar-refractivity contribution in [2.75, 3.05) is 37.9 Å². The lowest BCUT2D eigenvalue weighted by molar-refractivity contribution is -0.138. The molecule has 0 saturated carbocycles. The van der Waals surface area contributed by atoms with Crippen LogP contribution in [0.4, 0.5) is 11.4 Å². The number of benzene rings is 2. The molecule has 18 heteroatoms. The molecule has 0 aliphatic carbocycles. The summed E-state index contributed by atoms with van der Waals surface area (Å²) in [6.07, 6.45) is 16.1. The van der Waals surface area contributed by atoms with Gasteiger partial charge >= 0.3 is 39.1 Å². The molecule has 2 aromatic carbocycles. The summed E-state index contributed by atoms with van der Waals surface area (Å²) >= 11 is 0. The maximum absolute atomic E-state index is 15.0. The van der Waals surface area contributed by atoms with Crippen LogP contribution in [0.3, 0.4) is 0 Å². The average Bonchev–Trinajstić information content (AvgIpc) is 3.75. The molecule has 5 N–H and O–H groups in total. The quantitative estimate of drug-likeness (QED) is 0.0242. The Morgan fingerprint density at radius 1 is 0.634 bits per heavy atom. The summed E-state index contributed by atoms with van der Waals surface area (Å²) in [4.78, 5) is 49.1. The number of carboxylic acids is 4. The number of aliphatic imine (C=N–C) groups is 1. The highest BCUT2D eigenvalue weighted by molar-refractivity contribution is 7.58. The monoisotopic (exact) mass is 1020 g/mol. The second-order valence-electron chi connectivity index (χ2n) is 18.7. The zero-order valence-electron chi connectivity index (χ0n) is 41.8. The molecule has 4 rings (SSSR count). The van der Waals surface area contributed by atoms with Crippen molar-refractivity contribution in [3.63, 3.8) is 0 Å². The van der Waals surface area contributed by atoms with Crippen molar-refractivity contribution in [3.8, 4) is 0 Å². The van der Waals surface area contributed by atoms with Gasteiger partial charge in [0.1, 0.15) is 0 Å². The predicted octanol–water partition coefficient (Wildman–Crippen LogP) is 13.0. The van der Waals surface area contributed by atoms with Crippen molar-refractivity contribution in [1.29, 1.82) is 0 Å². The molecule has 16 nitrogen and oxygen atoms in total. The fourth-order valence-corrected chi connectivity index (χ4v) is 12.3. The van der Waals surface area contributed by atoms with Crippen molar-refractivity contribution in [2.45, 2.75) is 148 Å². The molecule has 2 aliphatic rings. The highest BCUT2D eigenvalue weighted by atomic mass is 31.2. The zero-order valence-corrected chi connectivity index (χ0v) is 43.6. The molecule has 0 aromatic heterocycles. The van der Waals surface area contributed by atoms with Crippen LogP contribution in [0.5, 0.6) is 0 Å². The van der Waals surface area contributed by atoms with Gasteiger partial charge in [0.15, 0.2) is 0 Å². The molecule has 0 spiro atoms. The van der Waals surface area contributed by atoms with E-state index in [0.29, 0.717) is 94.9 Å². The standard InChI is InChI=1S/C53H74N2O14P2/c1-39-27-29-44-42(37-39)52(4,31-36-70(64,66-32-17-7-13-23-48(56)57)67-33-18-8-14-24-49(58)59)46(54-44)21-11-6-12-22-47-53(5,43-38-40(2)28-30-45(43)55-47)41(3)71(65,68-34-19-9-15-25-50(60)61)69-35-20-10-16-26-51(62)63/h6,11-12,21-22,27-30,37-38,54H,3,7-10,13-20,23-26,31-36H2,1-2,4-5H3,(H,56,57)(H,58,59)(H,60,61)(H,62,63). The molecular weight excluding hydrogens is 951 g/mol. The zero-order chi connectivity index (χ0) is 52.1. The summed E-state index contributed by atoms with van der Waals surface area (Å²) < 4.78 is 53.6. The number of aliphatic carboxylic acids is 4. The molecule has 390 valence electrons. The Bertz CT molecular complexity index is 2350. The Labute approximate surface area is 418 Å². The van der Waals surface area contributed by atoms with Crippen molar-refractivity contribution in [3.05, 3.63) is 107 Å². The lowest BCUT2D eigenvalue weighted by Gasteiger charge is -2.33. The number of carbonyl (C=O) groups is 4. The minimum Gasteiger partial charge on any atom is -0.481 e. The summed E-state index contributed by atoms with van der Waals surface area (Å²) in [7, 11) is -7.73. The van der Waals surface area contributed by atoms with Crippen LogP contribution < -0.4 is 5.32 Å². The summed E-state index contributed by atoms with van der Waals surface area (Å²) in [6, 6.07) is 12.0. The van der Waals surface area contributed by atoms with Gasteiger partial charge in [-0.15, -0.1) is 0 Å². The third-order valence-corrected chi connectivity index (χ3v) is 16.9. The molecule has 2 aliphatic heterocycles. The summed E-state index contributed by atoms with van der Waals surface area (Å²) in [5, 5.41) is 40.0. The third-order valence-electron chi connectivity index (χ3n) is 12.8. The van der Waals surface area contributed by atoms with Gasteiger partial charge in [0, 0.05) is 42.5 Å². The predicted molar refractivity (Wildman–Crippen MR) is 276 cm³/mol. The number of fused-ring (bicyclic) bond motifs is 2. The van der Waals surface area contributed by atoms with Gasteiger partial charge in [0.2, 0.25) is 0 Å². The Kier molecular flexibility index (Phi) is 23.4. The fraction of sp³-hybridized carbons (Fsp3) is 0.528. The van der Waals surface area contributed by atoms with Gasteiger partial charge in [-0.25, -0.2) is 0 Å². The lowest BCUT2D eigenvalue weighted by Crippen LogP contribution is -2.31. The molecule has 0 amide bonds. The first-order valence-corrected chi connectivity index (χ1v) is 28.0. The number of nitrogens with one attached hydrogen (secondary N) is 1. The van der Waals surface area contributed by atoms with Gasteiger partial charge < -0.3 is 43.8 Å². The van der Waals surface area contributed by atoms with E-state index in [1.807, 2.05) is 81.5 Å². The van der Waals surface area contributed by atoms with E-state index >= 15 is 0 Å². The van der Waals surface area contributed by atoms with Crippen LogP contribution >= 0.6 is 15.2 Å². The van der Waals surface area contributed by atoms with Crippen LogP contribution in [0.15, 0.2) is 89.4 Å². The molecule has 2 atom stereocenters. The Balaban J connectivity index is 1.58. The second kappa shape index (κ2) is 28.3. The van der Waals surface area contributed by atoms with E-state index in [2.05, 4.69) is 24.9 Å². The molecule has 2 aromatic rings. The number of rotatable bonds is 36. The number of hydrogen-bond acceptors (Lipinski definition) is 12. The number of nitrogens with zero attached hydrogens (tertiary/aromatic N) is 1. The number of carboxylic acid groups (broad SMARTS) is 4. The third kappa shape index (κ3) is 17.9. The van der Waals surface area contributed by atoms with Gasteiger partial charge in [-0.1, -0.05) is 85.9 Å². The van der Waals surface area contributed by atoms with Gasteiger partial charge in [-0.05, 0) is 121 Å². The fourth-order valence-electron chi connectivity index (χ4n) is 8.53. The molecule has 0 fully saturated rings. The van der Waals surface area contributed by atoms with E-state index in [1.165, 1.54) is 0 Å². The summed E-state index contributed by atoms with van der Waals surface area (Å²) in [5.74, 6) is -3.53. The van der Waals surface area contributed by atoms with Crippen LogP contribution in [0.25, 0.3) is 0 Å². The number of unbranched alkanes of at least 4 members (excludes halogenated alkanes) is 8. The van der Waals surface area contributed by atoms with Gasteiger partial charge in [0.05, 0.1) is 54.7 Å². The highest BCUT2D eigenvalue weighted by Gasteiger charge is 2.49. The number of allylic oxidation sites excluding steroid dienone is 7. The van der Waals surface area contributed by atoms with Crippen molar-refractivity contribution < 1.29 is 66.8 Å². The molecule has 71 heavy (non-hydrogen) atoms. The summed E-state index contributed by atoms with van der Waals surface area (Å²) in [6.45, 7) is 12.7. The molecular formula is C53H74N2O14P2. The van der Waals surface area contributed by atoms with Gasteiger partial charge in [0.25, 0.3) is 0 Å². The lowest BCUT2D eigenvalue weighted by atomic mass is 9.78. The van der Waals surface area contributed by atoms with E-state index < -0.39 is 49.9 Å². The Morgan fingerprint density at radius 3 is 1.59 bits per heavy atom. The minimum absolute atomic E-state index is 0.0160. The number of hydrogen-bond donors (Lipinski definition) is 5. The largest absolute Gasteiger partial charge is 0.481 e. The first-order chi connectivity index (χ1) is 33.7. The normalized spacial score (nSPS) is 18.2. The molecule has 0 bridgehead atoms. The van der Waals surface area contributed by atoms with Crippen LogP contribution in [0, 0.1) is 13.8 Å². The van der Waals surface area contributed by atoms with Crippen molar-refractivity contribution >= 4 is 56.2 Å². The number of anilines is 1. The van der Waals surface area contributed by atoms with Crippen molar-refractivity contribution in [2.24, 2.45) is 4.99 Å². The first kappa shape index (κ1) is 58.6. The topological polar surface area (TPSA) is 245 Å². The molecule has 0 saturated heterocycles. The second-order valence-corrected chi connectivity index (χ2v) is 22.9. The van der Waals surface area contributed by atoms with Crippen LogP contribution in [0.2, 0.25) is 0 Å². The van der Waals surface area contributed by atoms with Crippen LogP contribution in [0.1, 0.15) is 145 Å². The highest BCUT2D eigenvalue weighted by Crippen LogP contribution is 2.64. The average molecular weight is 1030 g/mol. The van der Waals surface area contributed by atoms with E-state index in [4.69, 9.17) is 43.5 Å². The maximum atomic E-state index is 15.0. The molecule has 2 heterocycles. The Morgan fingerprint density at radius 2 is 1.10 bits per heavy atom.